The van der Waals surface area contributed by atoms with E-state index in [9.17, 15) is 8.78 Å². The summed E-state index contributed by atoms with van der Waals surface area (Å²) in [5.41, 5.74) is -3.49. The maximum absolute atomic E-state index is 14.5. The molecule has 0 aromatic carbocycles. The first-order valence-corrected chi connectivity index (χ1v) is 5.48. The molecule has 0 aromatic heterocycles. The van der Waals surface area contributed by atoms with Crippen molar-refractivity contribution in [3.63, 3.8) is 0 Å². The smallest absolute Gasteiger partial charge is 0.172 e. The molecule has 0 bridgehead atoms. The fourth-order valence-corrected chi connectivity index (χ4v) is 2.71. The van der Waals surface area contributed by atoms with Crippen molar-refractivity contribution in [2.45, 2.75) is 37.6 Å². The zero-order valence-electron chi connectivity index (χ0n) is 9.98. The Morgan fingerprint density at radius 1 is 0.933 bits per heavy atom. The van der Waals surface area contributed by atoms with Crippen LogP contribution in [0.15, 0.2) is 0 Å². The fraction of sp³-hybridized carbons (Fsp3) is 1.00. The van der Waals surface area contributed by atoms with Gasteiger partial charge in [-0.2, -0.15) is 0 Å². The van der Waals surface area contributed by atoms with Crippen LogP contribution >= 0.6 is 0 Å². The van der Waals surface area contributed by atoms with E-state index < -0.39 is 11.3 Å². The Bertz CT molecular complexity index is 256. The van der Waals surface area contributed by atoms with Crippen molar-refractivity contribution in [1.29, 1.82) is 0 Å². The molecule has 88 valence electrons. The van der Waals surface area contributed by atoms with E-state index in [1.54, 1.807) is 11.9 Å². The van der Waals surface area contributed by atoms with E-state index in [0.717, 1.165) is 0 Å². The van der Waals surface area contributed by atoms with Crippen molar-refractivity contribution >= 4 is 0 Å². The highest BCUT2D eigenvalue weighted by Crippen LogP contribution is 2.45. The molecule has 0 aliphatic carbocycles. The molecule has 0 aromatic rings. The SMILES string of the molecule is CN1CC2(F)CN(C(C)(C)C)CC2(F)C1. The van der Waals surface area contributed by atoms with Crippen LogP contribution < -0.4 is 0 Å². The molecule has 15 heavy (non-hydrogen) atoms. The normalized spacial score (nSPS) is 43.6. The molecule has 0 N–H and O–H groups in total. The lowest BCUT2D eigenvalue weighted by atomic mass is 9.94. The minimum Gasteiger partial charge on any atom is -0.300 e. The third-order valence-corrected chi connectivity index (χ3v) is 3.68. The van der Waals surface area contributed by atoms with Gasteiger partial charge in [0.1, 0.15) is 0 Å². The second kappa shape index (κ2) is 2.92. The van der Waals surface area contributed by atoms with Crippen LogP contribution in [0.5, 0.6) is 0 Å². The van der Waals surface area contributed by atoms with Crippen LogP contribution in [-0.4, -0.2) is 59.9 Å². The summed E-state index contributed by atoms with van der Waals surface area (Å²) in [4.78, 5) is 3.67. The summed E-state index contributed by atoms with van der Waals surface area (Å²) in [6.45, 7) is 6.89. The van der Waals surface area contributed by atoms with E-state index >= 15 is 0 Å². The van der Waals surface area contributed by atoms with Crippen molar-refractivity contribution in [3.8, 4) is 0 Å². The number of nitrogens with zero attached hydrogens (tertiary/aromatic N) is 2. The first-order chi connectivity index (χ1) is 6.66. The molecule has 2 saturated heterocycles. The van der Waals surface area contributed by atoms with Crippen LogP contribution in [0, 0.1) is 0 Å². The summed E-state index contributed by atoms with van der Waals surface area (Å²) in [5.74, 6) is 0. The van der Waals surface area contributed by atoms with Gasteiger partial charge in [-0.15, -0.1) is 0 Å². The molecule has 0 radical (unpaired) electrons. The van der Waals surface area contributed by atoms with E-state index in [1.165, 1.54) is 0 Å². The van der Waals surface area contributed by atoms with Crippen LogP contribution in [0.1, 0.15) is 20.8 Å². The second-order valence-corrected chi connectivity index (χ2v) is 6.13. The molecule has 4 heteroatoms. The predicted octanol–water partition coefficient (Wildman–Crippen LogP) is 1.46. The molecule has 2 nitrogen and oxygen atoms in total. The summed E-state index contributed by atoms with van der Waals surface area (Å²) < 4.78 is 28.9. The van der Waals surface area contributed by atoms with Gasteiger partial charge >= 0.3 is 0 Å². The standard InChI is InChI=1S/C11H20F2N2/c1-9(2,3)15-7-10(12)5-14(4)6-11(10,13)8-15/h5-8H2,1-4H3. The Morgan fingerprint density at radius 3 is 1.67 bits per heavy atom. The van der Waals surface area contributed by atoms with Crippen molar-refractivity contribution in [2.24, 2.45) is 0 Å². The summed E-state index contributed by atoms with van der Waals surface area (Å²) in [6.07, 6.45) is 0. The van der Waals surface area contributed by atoms with Crippen LogP contribution in [0.4, 0.5) is 8.78 Å². The van der Waals surface area contributed by atoms with Crippen LogP contribution in [0.25, 0.3) is 0 Å². The number of rotatable bonds is 0. The molecule has 2 rings (SSSR count). The highest BCUT2D eigenvalue weighted by Gasteiger charge is 2.65. The minimum atomic E-state index is -1.67. The van der Waals surface area contributed by atoms with Crippen molar-refractivity contribution < 1.29 is 8.78 Å². The first kappa shape index (κ1) is 11.3. The van der Waals surface area contributed by atoms with Gasteiger partial charge in [0.2, 0.25) is 0 Å². The molecule has 0 spiro atoms. The summed E-state index contributed by atoms with van der Waals surface area (Å²) in [6, 6.07) is 0. The number of halogens is 2. The third kappa shape index (κ3) is 1.58. The van der Waals surface area contributed by atoms with E-state index in [-0.39, 0.29) is 31.7 Å². The van der Waals surface area contributed by atoms with Gasteiger partial charge in [-0.1, -0.05) is 0 Å². The molecular formula is C11H20F2N2. The van der Waals surface area contributed by atoms with E-state index in [4.69, 9.17) is 0 Å². The minimum absolute atomic E-state index is 0.152. The Morgan fingerprint density at radius 2 is 1.33 bits per heavy atom. The van der Waals surface area contributed by atoms with Crippen molar-refractivity contribution in [2.75, 3.05) is 33.2 Å². The summed E-state index contributed by atoms with van der Waals surface area (Å²) in [5, 5.41) is 0. The second-order valence-electron chi connectivity index (χ2n) is 6.13. The number of fused-ring (bicyclic) bond motifs is 1. The molecule has 2 aliphatic rings. The molecule has 2 unspecified atom stereocenters. The molecule has 0 saturated carbocycles. The summed E-state index contributed by atoms with van der Waals surface area (Å²) >= 11 is 0. The largest absolute Gasteiger partial charge is 0.300 e. The number of hydrogen-bond acceptors (Lipinski definition) is 2. The Balaban J connectivity index is 2.22. The van der Waals surface area contributed by atoms with Gasteiger partial charge in [0, 0.05) is 31.7 Å². The van der Waals surface area contributed by atoms with Crippen LogP contribution in [0.3, 0.4) is 0 Å². The van der Waals surface area contributed by atoms with Gasteiger partial charge in [0.25, 0.3) is 0 Å². The fourth-order valence-electron chi connectivity index (χ4n) is 2.71. The molecule has 2 heterocycles. The molecule has 2 fully saturated rings. The lowest BCUT2D eigenvalue weighted by Gasteiger charge is -2.33. The van der Waals surface area contributed by atoms with Crippen LogP contribution in [0.2, 0.25) is 0 Å². The number of hydrogen-bond donors (Lipinski definition) is 0. The Kier molecular flexibility index (Phi) is 2.19. The predicted molar refractivity (Wildman–Crippen MR) is 56.5 cm³/mol. The first-order valence-electron chi connectivity index (χ1n) is 5.48. The van der Waals surface area contributed by atoms with Gasteiger partial charge in [-0.25, -0.2) is 8.78 Å². The lowest BCUT2D eigenvalue weighted by molar-refractivity contribution is 0.0491. The zero-order valence-corrected chi connectivity index (χ0v) is 9.98. The maximum Gasteiger partial charge on any atom is 0.172 e. The van der Waals surface area contributed by atoms with E-state index in [2.05, 4.69) is 0 Å². The number of likely N-dealkylation sites (tertiary alicyclic amines) is 2. The van der Waals surface area contributed by atoms with Crippen LogP contribution in [-0.2, 0) is 0 Å². The van der Waals surface area contributed by atoms with Crippen molar-refractivity contribution in [1.82, 2.24) is 9.80 Å². The van der Waals surface area contributed by atoms with Gasteiger partial charge in [0.05, 0.1) is 0 Å². The molecule has 2 aliphatic heterocycles. The highest BCUT2D eigenvalue weighted by molar-refractivity contribution is 5.17. The summed E-state index contributed by atoms with van der Waals surface area (Å²) in [7, 11) is 1.78. The molecule has 0 amide bonds. The topological polar surface area (TPSA) is 6.48 Å². The van der Waals surface area contributed by atoms with Crippen molar-refractivity contribution in [3.05, 3.63) is 0 Å². The Labute approximate surface area is 90.2 Å². The molecule has 2 atom stereocenters. The van der Waals surface area contributed by atoms with Gasteiger partial charge in [-0.05, 0) is 27.8 Å². The van der Waals surface area contributed by atoms with E-state index in [0.29, 0.717) is 0 Å². The third-order valence-electron chi connectivity index (χ3n) is 3.68. The van der Waals surface area contributed by atoms with Gasteiger partial charge in [-0.3, -0.25) is 9.80 Å². The molecular weight excluding hydrogens is 198 g/mol. The average molecular weight is 218 g/mol. The lowest BCUT2D eigenvalue weighted by Crippen LogP contribution is -2.44. The quantitative estimate of drug-likeness (QED) is 0.607. The van der Waals surface area contributed by atoms with Gasteiger partial charge < -0.3 is 0 Å². The zero-order chi connectivity index (χ0) is 11.5. The average Bonchev–Trinajstić information content (AvgIpc) is 2.31. The maximum atomic E-state index is 14.5. The van der Waals surface area contributed by atoms with E-state index in [1.807, 2.05) is 25.7 Å². The monoisotopic (exact) mass is 218 g/mol. The van der Waals surface area contributed by atoms with Gasteiger partial charge in [0.15, 0.2) is 11.3 Å². The Hall–Kier alpha value is -0.220. The number of alkyl halides is 2. The highest BCUT2D eigenvalue weighted by atomic mass is 19.2.